The van der Waals surface area contributed by atoms with Crippen LogP contribution in [0.3, 0.4) is 0 Å². The van der Waals surface area contributed by atoms with Crippen LogP contribution in [-0.4, -0.2) is 30.2 Å². The van der Waals surface area contributed by atoms with Gasteiger partial charge in [-0.05, 0) is 41.7 Å². The number of hydrogen-bond acceptors (Lipinski definition) is 2. The Hall–Kier alpha value is -2.11. The van der Waals surface area contributed by atoms with E-state index in [1.165, 1.54) is 18.6 Å². The largest absolute Gasteiger partial charge is 0.416 e. The summed E-state index contributed by atoms with van der Waals surface area (Å²) in [5.74, 6) is 0. The predicted molar refractivity (Wildman–Crippen MR) is 99.2 cm³/mol. The monoisotopic (exact) mass is 373 g/mol. The Bertz CT molecular complexity index is 844. The van der Waals surface area contributed by atoms with Crippen LogP contribution >= 0.6 is 0 Å². The molecule has 1 fully saturated rings. The second kappa shape index (κ2) is 7.13. The molecule has 2 atom stereocenters. The molecular formula is C22H22F3NO. The summed E-state index contributed by atoms with van der Waals surface area (Å²) in [6, 6.07) is 15.2. The van der Waals surface area contributed by atoms with Gasteiger partial charge in [-0.15, -0.1) is 0 Å². The van der Waals surface area contributed by atoms with Crippen LogP contribution in [-0.2, 0) is 17.5 Å². The molecule has 2 aliphatic heterocycles. The molecule has 27 heavy (non-hydrogen) atoms. The highest BCUT2D eigenvalue weighted by molar-refractivity contribution is 5.69. The zero-order valence-corrected chi connectivity index (χ0v) is 15.2. The molecule has 0 amide bonds. The molecule has 2 nitrogen and oxygen atoms in total. The van der Waals surface area contributed by atoms with E-state index in [4.69, 9.17) is 4.74 Å². The summed E-state index contributed by atoms with van der Waals surface area (Å²) in [5, 5.41) is 0. The third kappa shape index (κ3) is 3.80. The first-order valence-corrected chi connectivity index (χ1v) is 9.18. The van der Waals surface area contributed by atoms with Crippen molar-refractivity contribution in [3.63, 3.8) is 0 Å². The number of rotatable bonds is 3. The Labute approximate surface area is 157 Å². The van der Waals surface area contributed by atoms with Crippen LogP contribution in [0.2, 0.25) is 0 Å². The van der Waals surface area contributed by atoms with Crippen LogP contribution in [0.5, 0.6) is 0 Å². The van der Waals surface area contributed by atoms with Gasteiger partial charge in [0.05, 0.1) is 24.8 Å². The molecule has 0 aromatic heterocycles. The van der Waals surface area contributed by atoms with E-state index in [-0.39, 0.29) is 17.6 Å². The van der Waals surface area contributed by atoms with Gasteiger partial charge in [0.1, 0.15) is 0 Å². The summed E-state index contributed by atoms with van der Waals surface area (Å²) in [6.07, 6.45) is -1.35. The van der Waals surface area contributed by atoms with Gasteiger partial charge in [0.25, 0.3) is 0 Å². The van der Waals surface area contributed by atoms with Gasteiger partial charge in [-0.1, -0.05) is 48.5 Å². The molecule has 0 aliphatic carbocycles. The van der Waals surface area contributed by atoms with Gasteiger partial charge < -0.3 is 4.74 Å². The molecule has 1 saturated heterocycles. The Kier molecular flexibility index (Phi) is 4.82. The van der Waals surface area contributed by atoms with Crippen molar-refractivity contribution in [3.05, 3.63) is 76.9 Å². The van der Waals surface area contributed by atoms with Gasteiger partial charge >= 0.3 is 6.18 Å². The highest BCUT2D eigenvalue weighted by Crippen LogP contribution is 2.37. The van der Waals surface area contributed by atoms with Crippen LogP contribution < -0.4 is 0 Å². The maximum Gasteiger partial charge on any atom is 0.416 e. The summed E-state index contributed by atoms with van der Waals surface area (Å²) in [6.45, 7) is 3.66. The van der Waals surface area contributed by atoms with Gasteiger partial charge in [0.2, 0.25) is 0 Å². The van der Waals surface area contributed by atoms with E-state index in [0.717, 1.165) is 24.1 Å². The van der Waals surface area contributed by atoms with Crippen molar-refractivity contribution in [2.75, 3.05) is 13.2 Å². The minimum Gasteiger partial charge on any atom is -0.378 e. The zero-order valence-electron chi connectivity index (χ0n) is 15.2. The number of ether oxygens (including phenoxy) is 1. The molecule has 0 spiro atoms. The van der Waals surface area contributed by atoms with Crippen molar-refractivity contribution >= 4 is 5.57 Å². The molecule has 2 unspecified atom stereocenters. The Morgan fingerprint density at radius 2 is 1.85 bits per heavy atom. The molecule has 2 aromatic rings. The van der Waals surface area contributed by atoms with E-state index in [9.17, 15) is 13.2 Å². The first-order chi connectivity index (χ1) is 12.9. The highest BCUT2D eigenvalue weighted by Gasteiger charge is 2.36. The lowest BCUT2D eigenvalue weighted by Crippen LogP contribution is -2.53. The standard InChI is InChI=1S/C22H22F3NO/c1-15-9-17(7-8-21(15)22(23,24)25)18-10-19-13-27-14-20(11-18)26(19)12-16-5-3-2-4-6-16/h2-10,19-20H,11-14H2,1H3. The van der Waals surface area contributed by atoms with Gasteiger partial charge in [0.15, 0.2) is 0 Å². The normalized spacial score (nSPS) is 23.2. The lowest BCUT2D eigenvalue weighted by atomic mass is 9.88. The molecule has 2 bridgehead atoms. The fraction of sp³-hybridized carbons (Fsp3) is 0.364. The number of morpholine rings is 1. The Morgan fingerprint density at radius 3 is 2.52 bits per heavy atom. The Morgan fingerprint density at radius 1 is 1.07 bits per heavy atom. The fourth-order valence-electron chi connectivity index (χ4n) is 4.10. The van der Waals surface area contributed by atoms with Crippen molar-refractivity contribution in [3.8, 4) is 0 Å². The number of benzene rings is 2. The number of nitrogens with zero attached hydrogens (tertiary/aromatic N) is 1. The molecule has 2 heterocycles. The first kappa shape index (κ1) is 18.3. The number of hydrogen-bond donors (Lipinski definition) is 0. The summed E-state index contributed by atoms with van der Waals surface area (Å²) in [4.78, 5) is 2.44. The molecular weight excluding hydrogens is 351 g/mol. The van der Waals surface area contributed by atoms with E-state index >= 15 is 0 Å². The molecule has 2 aliphatic rings. The average molecular weight is 373 g/mol. The second-order valence-corrected chi connectivity index (χ2v) is 7.34. The lowest BCUT2D eigenvalue weighted by Gasteiger charge is -2.45. The minimum atomic E-state index is -4.31. The molecule has 5 heteroatoms. The summed E-state index contributed by atoms with van der Waals surface area (Å²) >= 11 is 0. The van der Waals surface area contributed by atoms with E-state index < -0.39 is 11.7 Å². The SMILES string of the molecule is Cc1cc(C2=CC3COCC(C2)N3Cc2ccccc2)ccc1C(F)(F)F. The summed E-state index contributed by atoms with van der Waals surface area (Å²) in [5.41, 5.74) is 2.98. The molecule has 2 aromatic carbocycles. The van der Waals surface area contributed by atoms with Crippen molar-refractivity contribution in [2.45, 2.75) is 38.1 Å². The number of halogens is 3. The van der Waals surface area contributed by atoms with E-state index in [2.05, 4.69) is 23.1 Å². The Balaban J connectivity index is 1.60. The first-order valence-electron chi connectivity index (χ1n) is 9.18. The van der Waals surface area contributed by atoms with Crippen LogP contribution in [0.15, 0.2) is 54.6 Å². The van der Waals surface area contributed by atoms with E-state index in [1.54, 1.807) is 12.1 Å². The van der Waals surface area contributed by atoms with Gasteiger partial charge in [-0.2, -0.15) is 13.2 Å². The van der Waals surface area contributed by atoms with E-state index in [1.807, 2.05) is 18.2 Å². The van der Waals surface area contributed by atoms with Crippen molar-refractivity contribution in [2.24, 2.45) is 0 Å². The summed E-state index contributed by atoms with van der Waals surface area (Å²) in [7, 11) is 0. The predicted octanol–water partition coefficient (Wildman–Crippen LogP) is 5.07. The topological polar surface area (TPSA) is 12.5 Å². The van der Waals surface area contributed by atoms with Crippen LogP contribution in [0.4, 0.5) is 13.2 Å². The average Bonchev–Trinajstić information content (AvgIpc) is 2.61. The smallest absolute Gasteiger partial charge is 0.378 e. The lowest BCUT2D eigenvalue weighted by molar-refractivity contribution is -0.138. The van der Waals surface area contributed by atoms with E-state index in [0.29, 0.717) is 13.2 Å². The van der Waals surface area contributed by atoms with Crippen LogP contribution in [0, 0.1) is 6.92 Å². The van der Waals surface area contributed by atoms with Gasteiger partial charge in [0, 0.05) is 12.6 Å². The van der Waals surface area contributed by atoms with Gasteiger partial charge in [-0.25, -0.2) is 0 Å². The minimum absolute atomic E-state index is 0.148. The molecule has 0 saturated carbocycles. The van der Waals surface area contributed by atoms with Crippen LogP contribution in [0.1, 0.15) is 28.7 Å². The third-order valence-electron chi connectivity index (χ3n) is 5.45. The molecule has 142 valence electrons. The molecule has 4 rings (SSSR count). The van der Waals surface area contributed by atoms with Gasteiger partial charge in [-0.3, -0.25) is 4.90 Å². The quantitative estimate of drug-likeness (QED) is 0.745. The molecule has 0 radical (unpaired) electrons. The number of alkyl halides is 3. The maximum absolute atomic E-state index is 13.0. The van der Waals surface area contributed by atoms with Crippen LogP contribution in [0.25, 0.3) is 5.57 Å². The second-order valence-electron chi connectivity index (χ2n) is 7.34. The third-order valence-corrected chi connectivity index (χ3v) is 5.45. The number of fused-ring (bicyclic) bond motifs is 2. The van der Waals surface area contributed by atoms with Crippen molar-refractivity contribution in [1.82, 2.24) is 4.90 Å². The van der Waals surface area contributed by atoms with Crippen molar-refractivity contribution in [1.29, 1.82) is 0 Å². The summed E-state index contributed by atoms with van der Waals surface area (Å²) < 4.78 is 44.8. The zero-order chi connectivity index (χ0) is 19.0. The number of aryl methyl sites for hydroxylation is 1. The fourth-order valence-corrected chi connectivity index (χ4v) is 4.10. The maximum atomic E-state index is 13.0. The van der Waals surface area contributed by atoms with Crippen molar-refractivity contribution < 1.29 is 17.9 Å². The highest BCUT2D eigenvalue weighted by atomic mass is 19.4. The molecule has 0 N–H and O–H groups in total.